The molecule has 4 heterocycles. The zero-order chi connectivity index (χ0) is 21.7. The highest BCUT2D eigenvalue weighted by Gasteiger charge is 2.41. The van der Waals surface area contributed by atoms with Gasteiger partial charge >= 0.3 is 0 Å². The Hall–Kier alpha value is -3.43. The minimum Gasteiger partial charge on any atom is -0.351 e. The molecule has 0 spiro atoms. The van der Waals surface area contributed by atoms with Gasteiger partial charge in [0.05, 0.1) is 23.3 Å². The highest BCUT2D eigenvalue weighted by atomic mass is 19.3. The van der Waals surface area contributed by atoms with Gasteiger partial charge in [0.15, 0.2) is 0 Å². The number of aromatic nitrogens is 3. The minimum absolute atomic E-state index is 0.00147. The molecule has 3 aromatic rings. The van der Waals surface area contributed by atoms with Crippen molar-refractivity contribution in [3.05, 3.63) is 48.0 Å². The van der Waals surface area contributed by atoms with E-state index in [9.17, 15) is 22.8 Å². The maximum absolute atomic E-state index is 13.6. The average Bonchev–Trinajstić information content (AvgIpc) is 3.41. The van der Waals surface area contributed by atoms with Crippen molar-refractivity contribution in [1.82, 2.24) is 25.0 Å². The molecular formula is C21H18F3N5O2. The lowest BCUT2D eigenvalue weighted by molar-refractivity contribution is -0.131. The number of amides is 2. The summed E-state index contributed by atoms with van der Waals surface area (Å²) in [6.07, 6.45) is 0.540. The van der Waals surface area contributed by atoms with Gasteiger partial charge in [-0.2, -0.15) is 5.10 Å². The average molecular weight is 429 g/mol. The maximum atomic E-state index is 13.6. The van der Waals surface area contributed by atoms with Crippen molar-refractivity contribution >= 4 is 22.8 Å². The first-order valence-electron chi connectivity index (χ1n) is 9.85. The largest absolute Gasteiger partial charge is 0.351 e. The molecule has 0 bridgehead atoms. The minimum atomic E-state index is -2.93. The van der Waals surface area contributed by atoms with Gasteiger partial charge in [-0.1, -0.05) is 6.07 Å². The van der Waals surface area contributed by atoms with Crippen LogP contribution in [0.15, 0.2) is 36.7 Å². The summed E-state index contributed by atoms with van der Waals surface area (Å²) < 4.78 is 41.2. The molecule has 2 aliphatic heterocycles. The van der Waals surface area contributed by atoms with E-state index in [1.54, 1.807) is 11.0 Å². The van der Waals surface area contributed by atoms with E-state index < -0.39 is 17.8 Å². The number of carbonyl (C=O) groups excluding carboxylic acids is 2. The van der Waals surface area contributed by atoms with Crippen LogP contribution in [0.2, 0.25) is 0 Å². The topological polar surface area (TPSA) is 80.1 Å². The number of benzene rings is 1. The van der Waals surface area contributed by atoms with Crippen molar-refractivity contribution in [2.75, 3.05) is 13.1 Å². The van der Waals surface area contributed by atoms with Gasteiger partial charge in [0.1, 0.15) is 17.9 Å². The molecule has 1 aromatic carbocycles. The van der Waals surface area contributed by atoms with Gasteiger partial charge in [-0.25, -0.2) is 13.2 Å². The smallest absolute Gasteiger partial charge is 0.266 e. The summed E-state index contributed by atoms with van der Waals surface area (Å²) in [4.78, 5) is 30.3. The summed E-state index contributed by atoms with van der Waals surface area (Å²) in [7, 11) is 0. The van der Waals surface area contributed by atoms with Crippen LogP contribution in [0.3, 0.4) is 0 Å². The number of carbonyl (C=O) groups is 2. The van der Waals surface area contributed by atoms with Gasteiger partial charge in [0.2, 0.25) is 11.8 Å². The van der Waals surface area contributed by atoms with Crippen LogP contribution in [0.5, 0.6) is 0 Å². The Balaban J connectivity index is 1.39. The monoisotopic (exact) mass is 429 g/mol. The molecule has 0 radical (unpaired) electrons. The lowest BCUT2D eigenvalue weighted by Gasteiger charge is -2.17. The highest BCUT2D eigenvalue weighted by molar-refractivity contribution is 5.84. The van der Waals surface area contributed by atoms with Crippen LogP contribution in [0.4, 0.5) is 13.2 Å². The second-order valence-electron chi connectivity index (χ2n) is 7.90. The number of likely N-dealkylation sites (tertiary alicyclic amines) is 1. The van der Waals surface area contributed by atoms with Crippen LogP contribution >= 0.6 is 0 Å². The van der Waals surface area contributed by atoms with Crippen molar-refractivity contribution < 1.29 is 22.8 Å². The molecule has 2 saturated heterocycles. The normalized spacial score (nSPS) is 20.5. The molecule has 5 rings (SSSR count). The molecule has 1 N–H and O–H groups in total. The van der Waals surface area contributed by atoms with Gasteiger partial charge < -0.3 is 10.2 Å². The number of pyridine rings is 1. The van der Waals surface area contributed by atoms with Crippen molar-refractivity contribution in [2.24, 2.45) is 5.92 Å². The molecule has 7 nitrogen and oxygen atoms in total. The summed E-state index contributed by atoms with van der Waals surface area (Å²) in [6.45, 7) is 0.995. The molecule has 0 saturated carbocycles. The van der Waals surface area contributed by atoms with Crippen LogP contribution in [0, 0.1) is 11.7 Å². The number of nitrogens with zero attached hydrogens (tertiary/aromatic N) is 4. The van der Waals surface area contributed by atoms with Crippen LogP contribution in [0.25, 0.3) is 22.2 Å². The summed E-state index contributed by atoms with van der Waals surface area (Å²) in [5.41, 5.74) is 1.36. The molecular weight excluding hydrogens is 411 g/mol. The van der Waals surface area contributed by atoms with E-state index in [2.05, 4.69) is 15.4 Å². The highest BCUT2D eigenvalue weighted by Crippen LogP contribution is 2.29. The maximum Gasteiger partial charge on any atom is 0.266 e. The van der Waals surface area contributed by atoms with E-state index in [-0.39, 0.29) is 30.3 Å². The molecule has 2 atom stereocenters. The van der Waals surface area contributed by atoms with Crippen molar-refractivity contribution in [3.8, 4) is 11.1 Å². The third-order valence-electron chi connectivity index (χ3n) is 5.93. The number of hydrogen-bond donors (Lipinski definition) is 1. The Kier molecular flexibility index (Phi) is 4.64. The number of alkyl halides is 2. The Labute approximate surface area is 174 Å². The van der Waals surface area contributed by atoms with E-state index >= 15 is 0 Å². The van der Waals surface area contributed by atoms with Crippen molar-refractivity contribution in [1.29, 1.82) is 0 Å². The quantitative estimate of drug-likeness (QED) is 0.691. The Morgan fingerprint density at radius 1 is 1.19 bits per heavy atom. The predicted octanol–water partition coefficient (Wildman–Crippen LogP) is 2.52. The molecule has 31 heavy (non-hydrogen) atoms. The number of hydrogen-bond acceptors (Lipinski definition) is 4. The summed E-state index contributed by atoms with van der Waals surface area (Å²) in [5, 5.41) is 7.13. The fourth-order valence-corrected chi connectivity index (χ4v) is 4.31. The fourth-order valence-electron chi connectivity index (χ4n) is 4.31. The Morgan fingerprint density at radius 2 is 2.03 bits per heavy atom. The van der Waals surface area contributed by atoms with Crippen LogP contribution in [-0.2, 0) is 16.1 Å². The summed E-state index contributed by atoms with van der Waals surface area (Å²) in [6, 6.07) is 5.22. The van der Waals surface area contributed by atoms with E-state index in [1.165, 1.54) is 23.1 Å². The first kappa shape index (κ1) is 19.5. The van der Waals surface area contributed by atoms with Crippen molar-refractivity contribution in [2.45, 2.75) is 25.4 Å². The van der Waals surface area contributed by atoms with E-state index in [4.69, 9.17) is 0 Å². The predicted molar refractivity (Wildman–Crippen MR) is 104 cm³/mol. The first-order chi connectivity index (χ1) is 14.9. The lowest BCUT2D eigenvalue weighted by atomic mass is 10.0. The second-order valence-corrected chi connectivity index (χ2v) is 7.90. The van der Waals surface area contributed by atoms with E-state index in [1.807, 2.05) is 0 Å². The van der Waals surface area contributed by atoms with Gasteiger partial charge in [-0.3, -0.25) is 19.3 Å². The van der Waals surface area contributed by atoms with Crippen molar-refractivity contribution in [3.63, 3.8) is 0 Å². The van der Waals surface area contributed by atoms with Gasteiger partial charge in [0.25, 0.3) is 6.43 Å². The number of fused-ring (bicyclic) bond motifs is 2. The second kappa shape index (κ2) is 7.36. The molecule has 2 aromatic heterocycles. The van der Waals surface area contributed by atoms with Gasteiger partial charge in [-0.05, 0) is 23.8 Å². The molecule has 160 valence electrons. The van der Waals surface area contributed by atoms with E-state index in [0.717, 1.165) is 12.1 Å². The number of halogens is 3. The van der Waals surface area contributed by atoms with Crippen LogP contribution in [0.1, 0.15) is 18.4 Å². The van der Waals surface area contributed by atoms with E-state index in [0.29, 0.717) is 41.7 Å². The summed E-state index contributed by atoms with van der Waals surface area (Å²) >= 11 is 0. The Bertz CT molecular complexity index is 1180. The third-order valence-corrected chi connectivity index (χ3v) is 5.93. The molecule has 2 fully saturated rings. The molecule has 2 aliphatic rings. The first-order valence-corrected chi connectivity index (χ1v) is 9.85. The number of rotatable bonds is 4. The molecule has 2 amide bonds. The van der Waals surface area contributed by atoms with Gasteiger partial charge in [0, 0.05) is 37.2 Å². The third kappa shape index (κ3) is 3.51. The van der Waals surface area contributed by atoms with Crippen LogP contribution in [-0.4, -0.2) is 50.6 Å². The number of nitrogens with one attached hydrogen (secondary N) is 1. The standard InChI is InChI=1S/C21H18F3N5O2/c22-15-2-1-11(3-14(15)21(23)24)12-4-18-16(25-6-12)7-26-29(18)10-20(31)28-8-13-5-19(30)27-17(13)9-28/h1-4,6-7,13,17,21H,5,8-10H2,(H,27,30)/t13-,17+/m0/s1. The molecule has 10 heteroatoms. The SMILES string of the molecule is O=C1C[C@H]2CN(C(=O)Cn3ncc4ncc(-c5ccc(F)c(C(F)F)c5)cc43)C[C@H]2N1. The lowest BCUT2D eigenvalue weighted by Crippen LogP contribution is -2.37. The summed E-state index contributed by atoms with van der Waals surface area (Å²) in [5.74, 6) is -0.924. The molecule has 0 aliphatic carbocycles. The van der Waals surface area contributed by atoms with Gasteiger partial charge in [-0.15, -0.1) is 0 Å². The zero-order valence-electron chi connectivity index (χ0n) is 16.3. The fraction of sp³-hybridized carbons (Fsp3) is 0.333. The van der Waals surface area contributed by atoms with Crippen LogP contribution < -0.4 is 5.32 Å². The zero-order valence-corrected chi connectivity index (χ0v) is 16.3. The molecule has 0 unspecified atom stereocenters. The Morgan fingerprint density at radius 3 is 2.81 bits per heavy atom.